The van der Waals surface area contributed by atoms with Crippen LogP contribution in [0.1, 0.15) is 12.8 Å². The molecule has 0 saturated carbocycles. The van der Waals surface area contributed by atoms with E-state index in [4.69, 9.17) is 16.3 Å². The van der Waals surface area contributed by atoms with Crippen molar-refractivity contribution >= 4 is 17.3 Å². The van der Waals surface area contributed by atoms with Gasteiger partial charge in [0, 0.05) is 20.3 Å². The zero-order chi connectivity index (χ0) is 13.2. The minimum atomic E-state index is -0.490. The van der Waals surface area contributed by atoms with Gasteiger partial charge in [0.2, 0.25) is 0 Å². The Bertz CT molecular complexity index is 483. The fourth-order valence-electron chi connectivity index (χ4n) is 1.97. The summed E-state index contributed by atoms with van der Waals surface area (Å²) in [6.45, 7) is 1.11. The predicted octanol–water partition coefficient (Wildman–Crippen LogP) is 0.387. The van der Waals surface area contributed by atoms with Gasteiger partial charge >= 0.3 is 0 Å². The number of hydrogen-bond donors (Lipinski definition) is 2. The maximum atomic E-state index is 11.7. The SMILES string of the molecule is Cn1ncc(NC2(CO)CCOCC2)c(Cl)c1=O. The van der Waals surface area contributed by atoms with Crippen LogP contribution in [-0.4, -0.2) is 40.2 Å². The third-order valence-corrected chi connectivity index (χ3v) is 3.60. The number of aliphatic hydroxyl groups excluding tert-OH is 1. The summed E-state index contributed by atoms with van der Waals surface area (Å²) in [6.07, 6.45) is 2.82. The lowest BCUT2D eigenvalue weighted by Gasteiger charge is -2.37. The zero-order valence-corrected chi connectivity index (χ0v) is 10.9. The van der Waals surface area contributed by atoms with Gasteiger partial charge in [0.1, 0.15) is 5.02 Å². The molecule has 0 unspecified atom stereocenters. The van der Waals surface area contributed by atoms with Gasteiger partial charge in [-0.05, 0) is 12.8 Å². The molecule has 2 rings (SSSR count). The van der Waals surface area contributed by atoms with Crippen molar-refractivity contribution in [1.82, 2.24) is 9.78 Å². The third-order valence-electron chi connectivity index (χ3n) is 3.23. The predicted molar refractivity (Wildman–Crippen MR) is 68.0 cm³/mol. The van der Waals surface area contributed by atoms with Crippen LogP contribution < -0.4 is 10.9 Å². The first kappa shape index (κ1) is 13.3. The van der Waals surface area contributed by atoms with Gasteiger partial charge in [0.25, 0.3) is 5.56 Å². The number of aromatic nitrogens is 2. The largest absolute Gasteiger partial charge is 0.394 e. The number of halogens is 1. The number of aryl methyl sites for hydroxylation is 1. The molecule has 1 aromatic rings. The molecule has 1 saturated heterocycles. The minimum absolute atomic E-state index is 0.0398. The Hall–Kier alpha value is -1.11. The van der Waals surface area contributed by atoms with Crippen LogP contribution in [0.2, 0.25) is 5.02 Å². The van der Waals surface area contributed by atoms with E-state index in [-0.39, 0.29) is 17.2 Å². The second-order valence-electron chi connectivity index (χ2n) is 4.48. The van der Waals surface area contributed by atoms with Crippen LogP contribution in [0.3, 0.4) is 0 Å². The summed E-state index contributed by atoms with van der Waals surface area (Å²) in [5, 5.41) is 16.7. The van der Waals surface area contributed by atoms with Crippen molar-refractivity contribution in [2.24, 2.45) is 7.05 Å². The number of ether oxygens (including phenoxy) is 1. The van der Waals surface area contributed by atoms with Crippen LogP contribution in [-0.2, 0) is 11.8 Å². The van der Waals surface area contributed by atoms with Gasteiger partial charge in [0.15, 0.2) is 0 Å². The summed E-state index contributed by atoms with van der Waals surface area (Å²) in [5.41, 5.74) is -0.395. The van der Waals surface area contributed by atoms with Crippen LogP contribution in [0.15, 0.2) is 11.0 Å². The zero-order valence-electron chi connectivity index (χ0n) is 10.1. The van der Waals surface area contributed by atoms with Crippen LogP contribution in [0, 0.1) is 0 Å². The summed E-state index contributed by atoms with van der Waals surface area (Å²) >= 11 is 5.99. The molecule has 2 N–H and O–H groups in total. The number of hydrogen-bond acceptors (Lipinski definition) is 5. The Balaban J connectivity index is 2.27. The highest BCUT2D eigenvalue weighted by Crippen LogP contribution is 2.27. The lowest BCUT2D eigenvalue weighted by atomic mass is 9.91. The Kier molecular flexibility index (Phi) is 3.89. The van der Waals surface area contributed by atoms with Gasteiger partial charge in [-0.3, -0.25) is 4.79 Å². The highest BCUT2D eigenvalue weighted by molar-refractivity contribution is 6.32. The van der Waals surface area contributed by atoms with E-state index in [1.54, 1.807) is 0 Å². The molecule has 6 nitrogen and oxygen atoms in total. The molecule has 7 heteroatoms. The van der Waals surface area contributed by atoms with E-state index < -0.39 is 5.54 Å². The maximum absolute atomic E-state index is 11.7. The number of nitrogens with zero attached hydrogens (tertiary/aromatic N) is 2. The molecule has 1 aliphatic heterocycles. The molecule has 1 fully saturated rings. The van der Waals surface area contributed by atoms with E-state index in [2.05, 4.69) is 10.4 Å². The third kappa shape index (κ3) is 2.50. The molecule has 0 aromatic carbocycles. The average Bonchev–Trinajstić information content (AvgIpc) is 2.41. The number of rotatable bonds is 3. The smallest absolute Gasteiger partial charge is 0.287 e. The molecule has 0 spiro atoms. The number of anilines is 1. The molecular weight excluding hydrogens is 258 g/mol. The quantitative estimate of drug-likeness (QED) is 0.833. The van der Waals surface area contributed by atoms with Crippen LogP contribution in [0.5, 0.6) is 0 Å². The standard InChI is InChI=1S/C11H16ClN3O3/c1-15-10(17)9(12)8(6-13-15)14-11(7-16)2-4-18-5-3-11/h6,14,16H,2-5,7H2,1H3. The molecule has 0 radical (unpaired) electrons. The van der Waals surface area contributed by atoms with Crippen molar-refractivity contribution < 1.29 is 9.84 Å². The fraction of sp³-hybridized carbons (Fsp3) is 0.636. The van der Waals surface area contributed by atoms with Crippen molar-refractivity contribution in [3.63, 3.8) is 0 Å². The molecule has 1 aliphatic rings. The highest BCUT2D eigenvalue weighted by Gasteiger charge is 2.32. The molecule has 1 aromatic heterocycles. The Morgan fingerprint density at radius 3 is 2.89 bits per heavy atom. The molecule has 0 bridgehead atoms. The monoisotopic (exact) mass is 273 g/mol. The van der Waals surface area contributed by atoms with Crippen LogP contribution >= 0.6 is 11.6 Å². The van der Waals surface area contributed by atoms with Gasteiger partial charge in [-0.25, -0.2) is 4.68 Å². The van der Waals surface area contributed by atoms with Crippen molar-refractivity contribution in [1.29, 1.82) is 0 Å². The van der Waals surface area contributed by atoms with Gasteiger partial charge < -0.3 is 15.2 Å². The molecule has 0 aliphatic carbocycles. The van der Waals surface area contributed by atoms with Crippen molar-refractivity contribution in [3.05, 3.63) is 21.6 Å². The summed E-state index contributed by atoms with van der Waals surface area (Å²) in [5.74, 6) is 0. The topological polar surface area (TPSA) is 76.4 Å². The Labute approximate surface area is 110 Å². The lowest BCUT2D eigenvalue weighted by Crippen LogP contribution is -2.47. The van der Waals surface area contributed by atoms with Gasteiger partial charge in [-0.2, -0.15) is 5.10 Å². The van der Waals surface area contributed by atoms with Crippen molar-refractivity contribution in [3.8, 4) is 0 Å². The summed E-state index contributed by atoms with van der Waals surface area (Å²) in [7, 11) is 1.54. The van der Waals surface area contributed by atoms with E-state index in [1.807, 2.05) is 0 Å². The van der Waals surface area contributed by atoms with E-state index in [0.29, 0.717) is 31.7 Å². The van der Waals surface area contributed by atoms with E-state index in [9.17, 15) is 9.90 Å². The van der Waals surface area contributed by atoms with E-state index in [1.165, 1.54) is 17.9 Å². The van der Waals surface area contributed by atoms with Crippen molar-refractivity contribution in [2.45, 2.75) is 18.4 Å². The Morgan fingerprint density at radius 1 is 1.61 bits per heavy atom. The first-order valence-corrected chi connectivity index (χ1v) is 6.14. The molecular formula is C11H16ClN3O3. The highest BCUT2D eigenvalue weighted by atomic mass is 35.5. The van der Waals surface area contributed by atoms with Crippen LogP contribution in [0.4, 0.5) is 5.69 Å². The number of nitrogens with one attached hydrogen (secondary N) is 1. The summed E-state index contributed by atoms with van der Waals surface area (Å²) < 4.78 is 6.44. The Morgan fingerprint density at radius 2 is 2.28 bits per heavy atom. The van der Waals surface area contributed by atoms with Gasteiger partial charge in [-0.15, -0.1) is 0 Å². The molecule has 18 heavy (non-hydrogen) atoms. The molecule has 2 heterocycles. The second kappa shape index (κ2) is 5.26. The van der Waals surface area contributed by atoms with Gasteiger partial charge in [0.05, 0.1) is 24.0 Å². The maximum Gasteiger partial charge on any atom is 0.287 e. The first-order chi connectivity index (χ1) is 8.58. The van der Waals surface area contributed by atoms with Crippen LogP contribution in [0.25, 0.3) is 0 Å². The summed E-state index contributed by atoms with van der Waals surface area (Å²) in [6, 6.07) is 0. The van der Waals surface area contributed by atoms with Gasteiger partial charge in [-0.1, -0.05) is 11.6 Å². The van der Waals surface area contributed by atoms with Crippen molar-refractivity contribution in [2.75, 3.05) is 25.1 Å². The average molecular weight is 274 g/mol. The lowest BCUT2D eigenvalue weighted by molar-refractivity contribution is 0.0380. The first-order valence-electron chi connectivity index (χ1n) is 5.77. The van der Waals surface area contributed by atoms with E-state index in [0.717, 1.165) is 0 Å². The molecule has 100 valence electrons. The number of aliphatic hydroxyl groups is 1. The normalized spacial score (nSPS) is 18.6. The molecule has 0 amide bonds. The minimum Gasteiger partial charge on any atom is -0.394 e. The summed E-state index contributed by atoms with van der Waals surface area (Å²) in [4.78, 5) is 11.7. The fourth-order valence-corrected chi connectivity index (χ4v) is 2.19. The molecule has 0 atom stereocenters. The van der Waals surface area contributed by atoms with E-state index >= 15 is 0 Å². The second-order valence-corrected chi connectivity index (χ2v) is 4.85.